The van der Waals surface area contributed by atoms with Crippen molar-refractivity contribution in [2.24, 2.45) is 0 Å². The van der Waals surface area contributed by atoms with Crippen molar-refractivity contribution in [3.8, 4) is 0 Å². The molecule has 9 nitrogen and oxygen atoms in total. The standard InChI is InChI=1S/C24H51N5O4/c30-23(31)11-7-3-1-5-9-13-25-15-17-27-19-21-29-22-20-28-18-16-26-14-10-6-2-4-8-12-24(32)33/h25-29H,1-22H2,(H,30,31)(H,32,33). The first kappa shape index (κ1) is 31.7. The summed E-state index contributed by atoms with van der Waals surface area (Å²) >= 11 is 0. The SMILES string of the molecule is O=C(O)CCCCCCCNCCNCCNCCNCCNCCCCCCCC(=O)O. The first-order valence-corrected chi connectivity index (χ1v) is 13.1. The molecule has 33 heavy (non-hydrogen) atoms. The van der Waals surface area contributed by atoms with Crippen LogP contribution in [0.25, 0.3) is 0 Å². The number of rotatable bonds is 28. The molecule has 0 aromatic carbocycles. The number of hydrogen-bond acceptors (Lipinski definition) is 7. The molecule has 0 aromatic heterocycles. The Morgan fingerprint density at radius 2 is 0.606 bits per heavy atom. The van der Waals surface area contributed by atoms with Gasteiger partial charge in [-0.3, -0.25) is 9.59 Å². The van der Waals surface area contributed by atoms with E-state index in [1.54, 1.807) is 0 Å². The molecule has 0 saturated carbocycles. The number of carboxylic acid groups (broad SMARTS) is 2. The van der Waals surface area contributed by atoms with E-state index in [0.717, 1.165) is 117 Å². The molecule has 0 amide bonds. The summed E-state index contributed by atoms with van der Waals surface area (Å²) in [6.45, 7) is 9.90. The minimum atomic E-state index is -0.688. The smallest absolute Gasteiger partial charge is 0.303 e. The minimum absolute atomic E-state index is 0.300. The van der Waals surface area contributed by atoms with Crippen molar-refractivity contribution in [2.75, 3.05) is 65.4 Å². The zero-order valence-corrected chi connectivity index (χ0v) is 20.8. The van der Waals surface area contributed by atoms with Crippen LogP contribution in [-0.2, 0) is 9.59 Å². The van der Waals surface area contributed by atoms with Crippen LogP contribution < -0.4 is 26.6 Å². The maximum Gasteiger partial charge on any atom is 0.303 e. The van der Waals surface area contributed by atoms with E-state index in [1.165, 1.54) is 12.8 Å². The first-order chi connectivity index (χ1) is 16.1. The minimum Gasteiger partial charge on any atom is -0.481 e. The molecule has 7 N–H and O–H groups in total. The predicted octanol–water partition coefficient (Wildman–Crippen LogP) is 1.78. The van der Waals surface area contributed by atoms with Gasteiger partial charge in [-0.15, -0.1) is 0 Å². The normalized spacial score (nSPS) is 11.2. The van der Waals surface area contributed by atoms with Gasteiger partial charge >= 0.3 is 11.9 Å². The maximum atomic E-state index is 10.4. The number of nitrogens with one attached hydrogen (secondary N) is 5. The largest absolute Gasteiger partial charge is 0.481 e. The van der Waals surface area contributed by atoms with Crippen LogP contribution in [-0.4, -0.2) is 87.6 Å². The molecule has 0 rings (SSSR count). The lowest BCUT2D eigenvalue weighted by Crippen LogP contribution is -2.36. The molecule has 0 aromatic rings. The van der Waals surface area contributed by atoms with Gasteiger partial charge in [0.05, 0.1) is 0 Å². The summed E-state index contributed by atoms with van der Waals surface area (Å²) in [5.74, 6) is -1.38. The van der Waals surface area contributed by atoms with Crippen LogP contribution in [0.5, 0.6) is 0 Å². The molecule has 0 heterocycles. The Morgan fingerprint density at radius 3 is 0.909 bits per heavy atom. The molecule has 0 saturated heterocycles. The van der Waals surface area contributed by atoms with Crippen LogP contribution in [0.2, 0.25) is 0 Å². The second-order valence-corrected chi connectivity index (χ2v) is 8.57. The summed E-state index contributed by atoms with van der Waals surface area (Å²) < 4.78 is 0. The van der Waals surface area contributed by atoms with Gasteiger partial charge in [0.2, 0.25) is 0 Å². The van der Waals surface area contributed by atoms with E-state index in [4.69, 9.17) is 10.2 Å². The molecule has 0 atom stereocenters. The number of hydrogen-bond donors (Lipinski definition) is 7. The third kappa shape index (κ3) is 30.7. The van der Waals surface area contributed by atoms with Crippen molar-refractivity contribution in [3.63, 3.8) is 0 Å². The molecule has 0 aliphatic carbocycles. The van der Waals surface area contributed by atoms with Crippen molar-refractivity contribution < 1.29 is 19.8 Å². The van der Waals surface area contributed by atoms with Gasteiger partial charge in [0.25, 0.3) is 0 Å². The van der Waals surface area contributed by atoms with Crippen LogP contribution in [0.1, 0.15) is 77.0 Å². The lowest BCUT2D eigenvalue weighted by molar-refractivity contribution is -0.138. The van der Waals surface area contributed by atoms with Crippen molar-refractivity contribution in [2.45, 2.75) is 77.0 Å². The van der Waals surface area contributed by atoms with Gasteiger partial charge in [-0.1, -0.05) is 38.5 Å². The van der Waals surface area contributed by atoms with Crippen molar-refractivity contribution in [1.82, 2.24) is 26.6 Å². The highest BCUT2D eigenvalue weighted by atomic mass is 16.4. The number of carboxylic acids is 2. The van der Waals surface area contributed by atoms with Crippen LogP contribution in [0.4, 0.5) is 0 Å². The zero-order chi connectivity index (χ0) is 24.2. The Balaban J connectivity index is 3.02. The second kappa shape index (κ2) is 27.0. The molecular formula is C24H51N5O4. The van der Waals surface area contributed by atoms with E-state index in [9.17, 15) is 9.59 Å². The Kier molecular flexibility index (Phi) is 26.0. The van der Waals surface area contributed by atoms with E-state index < -0.39 is 11.9 Å². The van der Waals surface area contributed by atoms with Crippen LogP contribution in [0.15, 0.2) is 0 Å². The van der Waals surface area contributed by atoms with Crippen molar-refractivity contribution in [1.29, 1.82) is 0 Å². The number of unbranched alkanes of at least 4 members (excludes halogenated alkanes) is 8. The summed E-state index contributed by atoms with van der Waals surface area (Å²) in [6, 6.07) is 0. The summed E-state index contributed by atoms with van der Waals surface area (Å²) in [4.78, 5) is 20.8. The third-order valence-electron chi connectivity index (χ3n) is 5.40. The van der Waals surface area contributed by atoms with Crippen LogP contribution in [0, 0.1) is 0 Å². The van der Waals surface area contributed by atoms with Crippen LogP contribution >= 0.6 is 0 Å². The summed E-state index contributed by atoms with van der Waals surface area (Å²) in [7, 11) is 0. The van der Waals surface area contributed by atoms with Gasteiger partial charge in [-0.05, 0) is 38.8 Å². The van der Waals surface area contributed by atoms with E-state index in [-0.39, 0.29) is 0 Å². The molecule has 0 fully saturated rings. The topological polar surface area (TPSA) is 135 Å². The van der Waals surface area contributed by atoms with Crippen molar-refractivity contribution >= 4 is 11.9 Å². The summed E-state index contributed by atoms with van der Waals surface area (Å²) in [6.07, 6.45) is 11.2. The second-order valence-electron chi connectivity index (χ2n) is 8.57. The molecule has 0 radical (unpaired) electrons. The summed E-state index contributed by atoms with van der Waals surface area (Å²) in [5.41, 5.74) is 0. The van der Waals surface area contributed by atoms with Gasteiger partial charge in [-0.25, -0.2) is 0 Å². The fourth-order valence-electron chi connectivity index (χ4n) is 3.45. The lowest BCUT2D eigenvalue weighted by Gasteiger charge is -2.09. The van der Waals surface area contributed by atoms with Crippen molar-refractivity contribution in [3.05, 3.63) is 0 Å². The molecule has 9 heteroatoms. The fourth-order valence-corrected chi connectivity index (χ4v) is 3.45. The fraction of sp³-hybridized carbons (Fsp3) is 0.917. The van der Waals surface area contributed by atoms with Gasteiger partial charge in [0.15, 0.2) is 0 Å². The zero-order valence-electron chi connectivity index (χ0n) is 20.8. The van der Waals surface area contributed by atoms with E-state index in [0.29, 0.717) is 12.8 Å². The van der Waals surface area contributed by atoms with E-state index in [2.05, 4.69) is 26.6 Å². The molecule has 0 unspecified atom stereocenters. The number of aliphatic carboxylic acids is 2. The molecule has 196 valence electrons. The highest BCUT2D eigenvalue weighted by molar-refractivity contribution is 5.66. The number of carbonyl (C=O) groups is 2. The Morgan fingerprint density at radius 1 is 0.364 bits per heavy atom. The van der Waals surface area contributed by atoms with E-state index in [1.807, 2.05) is 0 Å². The van der Waals surface area contributed by atoms with Gasteiger partial charge < -0.3 is 36.8 Å². The Hall–Kier alpha value is -1.26. The molecular weight excluding hydrogens is 422 g/mol. The third-order valence-corrected chi connectivity index (χ3v) is 5.40. The van der Waals surface area contributed by atoms with Gasteiger partial charge in [0, 0.05) is 65.2 Å². The molecule has 0 aliphatic heterocycles. The Labute approximate surface area is 201 Å². The Bertz CT molecular complexity index is 403. The maximum absolute atomic E-state index is 10.4. The highest BCUT2D eigenvalue weighted by Crippen LogP contribution is 2.05. The molecule has 0 bridgehead atoms. The molecule has 0 aliphatic rings. The quantitative estimate of drug-likeness (QED) is 0.0849. The summed E-state index contributed by atoms with van der Waals surface area (Å²) in [5, 5.41) is 34.3. The van der Waals surface area contributed by atoms with Crippen LogP contribution in [0.3, 0.4) is 0 Å². The van der Waals surface area contributed by atoms with Gasteiger partial charge in [-0.2, -0.15) is 0 Å². The average molecular weight is 474 g/mol. The van der Waals surface area contributed by atoms with Gasteiger partial charge in [0.1, 0.15) is 0 Å². The molecule has 0 spiro atoms. The highest BCUT2D eigenvalue weighted by Gasteiger charge is 1.97. The lowest BCUT2D eigenvalue weighted by atomic mass is 10.1. The first-order valence-electron chi connectivity index (χ1n) is 13.1. The van der Waals surface area contributed by atoms with E-state index >= 15 is 0 Å². The average Bonchev–Trinajstić information content (AvgIpc) is 2.78. The predicted molar refractivity (Wildman–Crippen MR) is 135 cm³/mol. The monoisotopic (exact) mass is 473 g/mol.